The molecule has 0 saturated heterocycles. The van der Waals surface area contributed by atoms with Crippen LogP contribution in [0.5, 0.6) is 0 Å². The Morgan fingerprint density at radius 2 is 2.00 bits per heavy atom. The quantitative estimate of drug-likeness (QED) is 0.310. The number of benzene rings is 2. The molecule has 3 rings (SSSR count). The maximum absolute atomic E-state index is 13.4. The van der Waals surface area contributed by atoms with E-state index in [4.69, 9.17) is 9.72 Å². The van der Waals surface area contributed by atoms with Gasteiger partial charge in [0.05, 0.1) is 21.8 Å². The Kier molecular flexibility index (Phi) is 7.87. The van der Waals surface area contributed by atoms with E-state index in [1.807, 2.05) is 64.1 Å². The summed E-state index contributed by atoms with van der Waals surface area (Å²) in [6.45, 7) is 9.62. The van der Waals surface area contributed by atoms with Crippen LogP contribution >= 0.6 is 11.8 Å². The van der Waals surface area contributed by atoms with Gasteiger partial charge in [0.25, 0.3) is 5.56 Å². The summed E-state index contributed by atoms with van der Waals surface area (Å²) >= 11 is 1.29. The number of nitrogens with zero attached hydrogens (tertiary/aromatic N) is 2. The number of nitrogens with one attached hydrogen (secondary N) is 1. The van der Waals surface area contributed by atoms with Crippen LogP contribution in [0.15, 0.2) is 52.4 Å². The van der Waals surface area contributed by atoms with Crippen molar-refractivity contribution in [2.45, 2.75) is 44.5 Å². The van der Waals surface area contributed by atoms with Crippen molar-refractivity contribution >= 4 is 28.6 Å². The minimum atomic E-state index is -0.405. The fraction of sp³-hybridized carbons (Fsp3) is 0.375. The van der Waals surface area contributed by atoms with Crippen molar-refractivity contribution < 1.29 is 9.53 Å². The lowest BCUT2D eigenvalue weighted by Crippen LogP contribution is -2.33. The van der Waals surface area contributed by atoms with Crippen molar-refractivity contribution in [1.82, 2.24) is 14.9 Å². The van der Waals surface area contributed by atoms with Crippen LogP contribution in [0.2, 0.25) is 0 Å². The summed E-state index contributed by atoms with van der Waals surface area (Å²) in [5, 5.41) is 3.59. The first kappa shape index (κ1) is 23.0. The molecule has 0 aliphatic heterocycles. The third-order valence-electron chi connectivity index (χ3n) is 4.96. The van der Waals surface area contributed by atoms with Crippen molar-refractivity contribution in [2.75, 3.05) is 19.8 Å². The first-order chi connectivity index (χ1) is 14.9. The van der Waals surface area contributed by atoms with Crippen LogP contribution in [0.4, 0.5) is 0 Å². The van der Waals surface area contributed by atoms with Gasteiger partial charge < -0.3 is 10.1 Å². The monoisotopic (exact) mass is 439 g/mol. The average molecular weight is 440 g/mol. The second-order valence-electron chi connectivity index (χ2n) is 7.44. The molecule has 1 aromatic heterocycles. The van der Waals surface area contributed by atoms with Crippen LogP contribution in [0.3, 0.4) is 0 Å². The fourth-order valence-corrected chi connectivity index (χ4v) is 4.29. The number of carbonyl (C=O) groups is 1. The fourth-order valence-electron chi connectivity index (χ4n) is 3.35. The summed E-state index contributed by atoms with van der Waals surface area (Å²) in [6.07, 6.45) is 0.762. The van der Waals surface area contributed by atoms with E-state index in [1.165, 1.54) is 11.8 Å². The van der Waals surface area contributed by atoms with Crippen molar-refractivity contribution in [3.63, 3.8) is 0 Å². The number of hydrogen-bond acceptors (Lipinski definition) is 5. The molecule has 1 unspecified atom stereocenters. The van der Waals surface area contributed by atoms with Crippen molar-refractivity contribution in [3.8, 4) is 5.69 Å². The molecule has 0 fully saturated rings. The number of aryl methyl sites for hydroxylation is 2. The van der Waals surface area contributed by atoms with Crippen molar-refractivity contribution in [2.24, 2.45) is 0 Å². The van der Waals surface area contributed by atoms with Crippen LogP contribution in [0.25, 0.3) is 16.6 Å². The smallest absolute Gasteiger partial charge is 0.266 e. The van der Waals surface area contributed by atoms with E-state index in [2.05, 4.69) is 5.32 Å². The van der Waals surface area contributed by atoms with Crippen molar-refractivity contribution in [1.29, 1.82) is 0 Å². The number of fused-ring (bicyclic) bond motifs is 1. The number of thioether (sulfide) groups is 1. The normalized spacial score (nSPS) is 12.1. The van der Waals surface area contributed by atoms with Gasteiger partial charge in [-0.05, 0) is 57.9 Å². The second kappa shape index (κ2) is 10.6. The molecule has 1 atom stereocenters. The summed E-state index contributed by atoms with van der Waals surface area (Å²) in [5.74, 6) is -0.0870. The van der Waals surface area contributed by atoms with E-state index < -0.39 is 5.25 Å². The van der Waals surface area contributed by atoms with Gasteiger partial charge in [-0.3, -0.25) is 14.2 Å². The number of carbonyl (C=O) groups excluding carboxylic acids is 1. The zero-order valence-electron chi connectivity index (χ0n) is 18.5. The lowest BCUT2D eigenvalue weighted by Gasteiger charge is -2.18. The highest BCUT2D eigenvalue weighted by Gasteiger charge is 2.20. The lowest BCUT2D eigenvalue weighted by atomic mass is 10.1. The summed E-state index contributed by atoms with van der Waals surface area (Å²) in [4.78, 5) is 30.8. The Balaban J connectivity index is 1.93. The molecule has 0 aliphatic rings. The highest BCUT2D eigenvalue weighted by molar-refractivity contribution is 8.00. The van der Waals surface area contributed by atoms with E-state index in [0.29, 0.717) is 35.8 Å². The molecule has 164 valence electrons. The Labute approximate surface area is 187 Å². The molecule has 3 aromatic rings. The predicted octanol–water partition coefficient (Wildman–Crippen LogP) is 4.03. The average Bonchev–Trinajstić information content (AvgIpc) is 2.74. The molecule has 0 bridgehead atoms. The summed E-state index contributed by atoms with van der Waals surface area (Å²) in [6, 6.07) is 13.3. The van der Waals surface area contributed by atoms with Crippen LogP contribution < -0.4 is 10.9 Å². The van der Waals surface area contributed by atoms with Crippen LogP contribution in [0.1, 0.15) is 31.4 Å². The SMILES string of the molecule is CCOCCCNC(=O)C(C)Sc1nc2ccccc2c(=O)n1-c1ccc(C)cc1C. The van der Waals surface area contributed by atoms with Crippen LogP contribution in [-0.2, 0) is 9.53 Å². The molecule has 0 saturated carbocycles. The largest absolute Gasteiger partial charge is 0.382 e. The number of para-hydroxylation sites is 1. The molecule has 1 N–H and O–H groups in total. The zero-order chi connectivity index (χ0) is 22.4. The molecule has 31 heavy (non-hydrogen) atoms. The number of rotatable bonds is 9. The summed E-state index contributed by atoms with van der Waals surface area (Å²) in [7, 11) is 0. The van der Waals surface area contributed by atoms with Gasteiger partial charge in [-0.1, -0.05) is 41.6 Å². The maximum Gasteiger partial charge on any atom is 0.266 e. The Bertz CT molecular complexity index is 1130. The topological polar surface area (TPSA) is 73.2 Å². The predicted molar refractivity (Wildman–Crippen MR) is 126 cm³/mol. The molecular formula is C24H29N3O3S. The highest BCUT2D eigenvalue weighted by Crippen LogP contribution is 2.26. The highest BCUT2D eigenvalue weighted by atomic mass is 32.2. The standard InChI is InChI=1S/C24H29N3O3S/c1-5-30-14-8-13-25-22(28)18(4)31-24-26-20-10-7-6-9-19(20)23(29)27(24)21-12-11-16(2)15-17(21)3/h6-7,9-12,15,18H,5,8,13-14H2,1-4H3,(H,25,28). The second-order valence-corrected chi connectivity index (χ2v) is 8.75. The number of ether oxygens (including phenoxy) is 1. The van der Waals surface area contributed by atoms with Gasteiger partial charge >= 0.3 is 0 Å². The Morgan fingerprint density at radius 3 is 2.74 bits per heavy atom. The van der Waals surface area contributed by atoms with Crippen LogP contribution in [0, 0.1) is 13.8 Å². The molecule has 0 radical (unpaired) electrons. The molecule has 0 spiro atoms. The summed E-state index contributed by atoms with van der Waals surface area (Å²) < 4.78 is 6.93. The first-order valence-corrected chi connectivity index (χ1v) is 11.4. The first-order valence-electron chi connectivity index (χ1n) is 10.5. The minimum absolute atomic E-state index is 0.0870. The third kappa shape index (κ3) is 5.54. The maximum atomic E-state index is 13.4. The van der Waals surface area contributed by atoms with E-state index in [1.54, 1.807) is 10.6 Å². The van der Waals surface area contributed by atoms with Gasteiger partial charge in [0, 0.05) is 19.8 Å². The molecule has 1 heterocycles. The molecular weight excluding hydrogens is 410 g/mol. The Morgan fingerprint density at radius 1 is 1.23 bits per heavy atom. The molecule has 6 nitrogen and oxygen atoms in total. The van der Waals surface area contributed by atoms with E-state index in [9.17, 15) is 9.59 Å². The van der Waals surface area contributed by atoms with Gasteiger partial charge in [0.1, 0.15) is 0 Å². The number of amides is 1. The molecule has 0 aliphatic carbocycles. The van der Waals surface area contributed by atoms with Gasteiger partial charge in [0.2, 0.25) is 5.91 Å². The zero-order valence-corrected chi connectivity index (χ0v) is 19.3. The third-order valence-corrected chi connectivity index (χ3v) is 6.01. The molecule has 2 aromatic carbocycles. The van der Waals surface area contributed by atoms with Gasteiger partial charge in [-0.25, -0.2) is 4.98 Å². The Hall–Kier alpha value is -2.64. The van der Waals surface area contributed by atoms with Crippen LogP contribution in [-0.4, -0.2) is 40.5 Å². The lowest BCUT2D eigenvalue weighted by molar-refractivity contribution is -0.120. The van der Waals surface area contributed by atoms with Gasteiger partial charge in [-0.2, -0.15) is 0 Å². The van der Waals surface area contributed by atoms with E-state index in [0.717, 1.165) is 23.2 Å². The number of hydrogen-bond donors (Lipinski definition) is 1. The number of aromatic nitrogens is 2. The summed E-state index contributed by atoms with van der Waals surface area (Å²) in [5.41, 5.74) is 3.37. The molecule has 7 heteroatoms. The van der Waals surface area contributed by atoms with Gasteiger partial charge in [-0.15, -0.1) is 0 Å². The van der Waals surface area contributed by atoms with E-state index in [-0.39, 0.29) is 11.5 Å². The van der Waals surface area contributed by atoms with E-state index >= 15 is 0 Å². The minimum Gasteiger partial charge on any atom is -0.382 e. The van der Waals surface area contributed by atoms with Gasteiger partial charge in [0.15, 0.2) is 5.16 Å². The van der Waals surface area contributed by atoms with Crippen molar-refractivity contribution in [3.05, 3.63) is 63.9 Å². The molecule has 1 amide bonds.